The van der Waals surface area contributed by atoms with Crippen LogP contribution < -0.4 is 18.9 Å². The Kier molecular flexibility index (Phi) is 7.46. The second-order valence-corrected chi connectivity index (χ2v) is 9.78. The molecule has 1 aliphatic rings. The van der Waals surface area contributed by atoms with Gasteiger partial charge in [-0.15, -0.1) is 0 Å². The number of benzene rings is 1. The number of hydrogen-bond donors (Lipinski definition) is 1. The molecular weight excluding hydrogens is 446 g/mol. The van der Waals surface area contributed by atoms with Crippen LogP contribution in [0.5, 0.6) is 17.2 Å². The van der Waals surface area contributed by atoms with Gasteiger partial charge in [-0.2, -0.15) is 0 Å². The van der Waals surface area contributed by atoms with E-state index in [4.69, 9.17) is 14.2 Å². The van der Waals surface area contributed by atoms with E-state index in [0.717, 1.165) is 25.7 Å². The van der Waals surface area contributed by atoms with E-state index in [1.807, 2.05) is 0 Å². The summed E-state index contributed by atoms with van der Waals surface area (Å²) < 4.78 is 47.5. The molecule has 1 amide bonds. The van der Waals surface area contributed by atoms with Crippen molar-refractivity contribution in [3.05, 3.63) is 29.1 Å². The number of nitrogens with one attached hydrogen (secondary N) is 1. The van der Waals surface area contributed by atoms with Crippen molar-refractivity contribution < 1.29 is 27.4 Å². The lowest BCUT2D eigenvalue weighted by Gasteiger charge is -2.21. The zero-order chi connectivity index (χ0) is 24.3. The van der Waals surface area contributed by atoms with Crippen molar-refractivity contribution in [1.29, 1.82) is 0 Å². The second kappa shape index (κ2) is 9.94. The molecular formula is C23H33N3O6S. The first-order valence-corrected chi connectivity index (χ1v) is 12.4. The van der Waals surface area contributed by atoms with Crippen molar-refractivity contribution in [2.45, 2.75) is 44.4 Å². The molecule has 33 heavy (non-hydrogen) atoms. The number of methoxy groups -OCH3 is 3. The van der Waals surface area contributed by atoms with Crippen LogP contribution in [0.25, 0.3) is 0 Å². The quantitative estimate of drug-likeness (QED) is 0.653. The Morgan fingerprint density at radius 1 is 0.909 bits per heavy atom. The third kappa shape index (κ3) is 4.75. The highest BCUT2D eigenvalue weighted by molar-refractivity contribution is 7.92. The molecule has 0 atom stereocenters. The first kappa shape index (κ1) is 24.8. The van der Waals surface area contributed by atoms with Gasteiger partial charge in [0.15, 0.2) is 11.5 Å². The van der Waals surface area contributed by atoms with Crippen LogP contribution in [0.4, 0.5) is 5.69 Å². The largest absolute Gasteiger partial charge is 0.493 e. The third-order valence-electron chi connectivity index (χ3n) is 6.22. The Labute approximate surface area is 195 Å². The van der Waals surface area contributed by atoms with Crippen molar-refractivity contribution in [1.82, 2.24) is 9.47 Å². The van der Waals surface area contributed by atoms with Gasteiger partial charge in [-0.25, -0.2) is 8.42 Å². The van der Waals surface area contributed by atoms with Crippen LogP contribution in [0.3, 0.4) is 0 Å². The molecule has 0 bridgehead atoms. The number of aromatic nitrogens is 1. The van der Waals surface area contributed by atoms with Crippen LogP contribution in [0.2, 0.25) is 0 Å². The summed E-state index contributed by atoms with van der Waals surface area (Å²) in [6.07, 6.45) is 3.99. The summed E-state index contributed by atoms with van der Waals surface area (Å²) in [5.41, 5.74) is 1.56. The van der Waals surface area contributed by atoms with Crippen LogP contribution in [-0.4, -0.2) is 58.2 Å². The summed E-state index contributed by atoms with van der Waals surface area (Å²) in [6.45, 7) is 4.74. The molecule has 10 heteroatoms. The number of amides is 1. The fourth-order valence-electron chi connectivity index (χ4n) is 4.28. The molecule has 1 aromatic carbocycles. The maximum atomic E-state index is 13.6. The lowest BCUT2D eigenvalue weighted by Crippen LogP contribution is -2.33. The van der Waals surface area contributed by atoms with Gasteiger partial charge in [0.2, 0.25) is 5.75 Å². The maximum absolute atomic E-state index is 13.6. The number of likely N-dealkylation sites (tertiary alicyclic amines) is 1. The number of carbonyl (C=O) groups excluding carboxylic acids is 1. The minimum absolute atomic E-state index is 0.00880. The second-order valence-electron chi connectivity index (χ2n) is 8.16. The molecule has 182 valence electrons. The molecule has 0 aliphatic carbocycles. The van der Waals surface area contributed by atoms with Crippen molar-refractivity contribution in [2.24, 2.45) is 7.05 Å². The van der Waals surface area contributed by atoms with E-state index < -0.39 is 10.0 Å². The molecule has 3 rings (SSSR count). The Morgan fingerprint density at radius 2 is 1.45 bits per heavy atom. The van der Waals surface area contributed by atoms with Gasteiger partial charge in [-0.3, -0.25) is 9.52 Å². The lowest BCUT2D eigenvalue weighted by atomic mass is 10.2. The van der Waals surface area contributed by atoms with Crippen LogP contribution in [0.1, 0.15) is 47.4 Å². The van der Waals surface area contributed by atoms with Crippen LogP contribution in [-0.2, 0) is 17.1 Å². The zero-order valence-electron chi connectivity index (χ0n) is 20.1. The van der Waals surface area contributed by atoms with Crippen LogP contribution in [0, 0.1) is 13.8 Å². The van der Waals surface area contributed by atoms with Gasteiger partial charge in [-0.05, 0) is 26.7 Å². The summed E-state index contributed by atoms with van der Waals surface area (Å²) in [5, 5.41) is 0. The van der Waals surface area contributed by atoms with E-state index in [0.29, 0.717) is 41.7 Å². The molecule has 1 aliphatic heterocycles. The normalized spacial score (nSPS) is 14.5. The first-order chi connectivity index (χ1) is 15.7. The fourth-order valence-corrected chi connectivity index (χ4v) is 5.84. The van der Waals surface area contributed by atoms with Gasteiger partial charge in [-0.1, -0.05) is 12.8 Å². The van der Waals surface area contributed by atoms with Gasteiger partial charge in [0.05, 0.1) is 32.6 Å². The summed E-state index contributed by atoms with van der Waals surface area (Å²) in [5.74, 6) is 0.739. The monoisotopic (exact) mass is 479 g/mol. The van der Waals surface area contributed by atoms with E-state index in [-0.39, 0.29) is 22.1 Å². The number of nitrogens with zero attached hydrogens (tertiary/aromatic N) is 2. The highest BCUT2D eigenvalue weighted by Crippen LogP contribution is 2.41. The average molecular weight is 480 g/mol. The van der Waals surface area contributed by atoms with E-state index in [2.05, 4.69) is 4.72 Å². The molecule has 1 N–H and O–H groups in total. The van der Waals surface area contributed by atoms with Crippen molar-refractivity contribution in [3.8, 4) is 17.2 Å². The van der Waals surface area contributed by atoms with Gasteiger partial charge >= 0.3 is 0 Å². The molecule has 9 nitrogen and oxygen atoms in total. The molecule has 1 aromatic heterocycles. The van der Waals surface area contributed by atoms with Gasteiger partial charge < -0.3 is 23.7 Å². The number of sulfonamides is 1. The Balaban J connectivity index is 2.07. The highest BCUT2D eigenvalue weighted by atomic mass is 32.2. The smallest absolute Gasteiger partial charge is 0.264 e. The lowest BCUT2D eigenvalue weighted by molar-refractivity contribution is 0.0757. The summed E-state index contributed by atoms with van der Waals surface area (Å²) in [6, 6.07) is 3.03. The van der Waals surface area contributed by atoms with Gasteiger partial charge in [0, 0.05) is 43.7 Å². The first-order valence-electron chi connectivity index (χ1n) is 10.9. The fraction of sp³-hybridized carbons (Fsp3) is 0.522. The minimum atomic E-state index is -4.11. The number of carbonyl (C=O) groups is 1. The predicted octanol–water partition coefficient (Wildman–Crippen LogP) is 3.48. The molecule has 0 radical (unpaired) electrons. The average Bonchev–Trinajstić information content (AvgIpc) is 2.98. The van der Waals surface area contributed by atoms with E-state index >= 15 is 0 Å². The maximum Gasteiger partial charge on any atom is 0.264 e. The molecule has 2 heterocycles. The molecule has 0 unspecified atom stereocenters. The Morgan fingerprint density at radius 3 is 1.94 bits per heavy atom. The van der Waals surface area contributed by atoms with Crippen LogP contribution >= 0.6 is 0 Å². The summed E-state index contributed by atoms with van der Waals surface area (Å²) >= 11 is 0. The van der Waals surface area contributed by atoms with E-state index in [9.17, 15) is 13.2 Å². The molecule has 1 saturated heterocycles. The molecule has 0 spiro atoms. The Hall–Kier alpha value is -2.88. The van der Waals surface area contributed by atoms with Crippen molar-refractivity contribution in [3.63, 3.8) is 0 Å². The van der Waals surface area contributed by atoms with Crippen molar-refractivity contribution in [2.75, 3.05) is 39.1 Å². The SMILES string of the molecule is COc1cc(NS(=O)(=O)c2c(C(=O)N3CCCCCC3)c(C)n(C)c2C)cc(OC)c1OC. The highest BCUT2D eigenvalue weighted by Gasteiger charge is 2.33. The third-order valence-corrected chi connectivity index (χ3v) is 7.76. The topological polar surface area (TPSA) is 99.1 Å². The molecule has 1 fully saturated rings. The number of rotatable bonds is 7. The van der Waals surface area contributed by atoms with Crippen LogP contribution in [0.15, 0.2) is 17.0 Å². The minimum Gasteiger partial charge on any atom is -0.493 e. The Bertz CT molecular complexity index is 1110. The summed E-state index contributed by atoms with van der Waals surface area (Å²) in [7, 11) is 2.04. The zero-order valence-corrected chi connectivity index (χ0v) is 21.0. The van der Waals surface area contributed by atoms with E-state index in [1.165, 1.54) is 33.5 Å². The number of hydrogen-bond acceptors (Lipinski definition) is 6. The summed E-state index contributed by atoms with van der Waals surface area (Å²) in [4.78, 5) is 15.3. The molecule has 2 aromatic rings. The van der Waals surface area contributed by atoms with E-state index in [1.54, 1.807) is 30.4 Å². The molecule has 0 saturated carbocycles. The number of anilines is 1. The predicted molar refractivity (Wildman–Crippen MR) is 126 cm³/mol. The van der Waals surface area contributed by atoms with Crippen molar-refractivity contribution >= 4 is 21.6 Å². The van der Waals surface area contributed by atoms with Gasteiger partial charge in [0.1, 0.15) is 4.90 Å². The number of ether oxygens (including phenoxy) is 3. The van der Waals surface area contributed by atoms with Gasteiger partial charge in [0.25, 0.3) is 15.9 Å². The standard InChI is InChI=1S/C23H33N3O6S/c1-15-20(23(27)26-11-9-7-8-10-12-26)22(16(2)25(15)3)33(28,29)24-17-13-18(30-4)21(32-6)19(14-17)31-5/h13-14,24H,7-12H2,1-6H3.